The summed E-state index contributed by atoms with van der Waals surface area (Å²) in [6.07, 6.45) is 0. The number of fused-ring (bicyclic) bond motifs is 1. The van der Waals surface area contributed by atoms with Gasteiger partial charge >= 0.3 is 0 Å². The minimum Gasteiger partial charge on any atom is -0.371 e. The number of carbonyl (C=O) groups is 1. The fourth-order valence-corrected chi connectivity index (χ4v) is 2.86. The molecule has 92 valence electrons. The molecule has 2 heterocycles. The molecule has 1 aliphatic heterocycles. The van der Waals surface area contributed by atoms with Crippen molar-refractivity contribution in [3.8, 4) is 0 Å². The van der Waals surface area contributed by atoms with Crippen molar-refractivity contribution in [3.05, 3.63) is 51.7 Å². The molecule has 1 aromatic heterocycles. The monoisotopic (exact) mass is 267 g/mol. The van der Waals surface area contributed by atoms with Crippen LogP contribution in [0.4, 0.5) is 14.5 Å². The van der Waals surface area contributed by atoms with Crippen molar-refractivity contribution < 1.29 is 18.7 Å². The molecule has 2 aromatic rings. The molecule has 0 bridgehead atoms. The lowest BCUT2D eigenvalue weighted by Crippen LogP contribution is -2.34. The van der Waals surface area contributed by atoms with Crippen LogP contribution in [0, 0.1) is 11.6 Å². The fraction of sp³-hybridized carbons (Fsp3) is 0.0833. The van der Waals surface area contributed by atoms with Gasteiger partial charge in [-0.05, 0) is 23.6 Å². The van der Waals surface area contributed by atoms with Crippen LogP contribution in [0.25, 0.3) is 0 Å². The van der Waals surface area contributed by atoms with Crippen molar-refractivity contribution >= 4 is 22.9 Å². The summed E-state index contributed by atoms with van der Waals surface area (Å²) in [6, 6.07) is 5.35. The molecule has 0 saturated heterocycles. The number of nitrogens with one attached hydrogen (secondary N) is 1. The summed E-state index contributed by atoms with van der Waals surface area (Å²) in [7, 11) is 0. The molecule has 2 N–H and O–H groups in total. The van der Waals surface area contributed by atoms with Gasteiger partial charge in [-0.1, -0.05) is 6.07 Å². The predicted octanol–water partition coefficient (Wildman–Crippen LogP) is 2.21. The number of rotatable bonds is 1. The number of anilines is 1. The second-order valence-corrected chi connectivity index (χ2v) is 4.87. The summed E-state index contributed by atoms with van der Waals surface area (Å²) in [5.41, 5.74) is -2.21. The Labute approximate surface area is 105 Å². The van der Waals surface area contributed by atoms with Crippen LogP contribution in [0.1, 0.15) is 10.4 Å². The molecule has 0 fully saturated rings. The second kappa shape index (κ2) is 3.60. The average Bonchev–Trinajstić information content (AvgIpc) is 2.94. The van der Waals surface area contributed by atoms with Crippen LogP contribution >= 0.6 is 11.3 Å². The SMILES string of the molecule is O=C1Nc2c(ccc(F)c2F)C1(O)c1cccs1. The van der Waals surface area contributed by atoms with Crippen molar-refractivity contribution in [2.45, 2.75) is 5.60 Å². The zero-order valence-electron chi connectivity index (χ0n) is 8.91. The molecule has 18 heavy (non-hydrogen) atoms. The van der Waals surface area contributed by atoms with Gasteiger partial charge in [-0.25, -0.2) is 8.78 Å². The largest absolute Gasteiger partial charge is 0.371 e. The van der Waals surface area contributed by atoms with Gasteiger partial charge in [-0.15, -0.1) is 11.3 Å². The normalized spacial score (nSPS) is 21.8. The van der Waals surface area contributed by atoms with E-state index in [4.69, 9.17) is 0 Å². The van der Waals surface area contributed by atoms with Gasteiger partial charge in [0.05, 0.1) is 10.6 Å². The number of thiophene rings is 1. The third-order valence-electron chi connectivity index (χ3n) is 2.93. The molecular formula is C12H7F2NO2S. The van der Waals surface area contributed by atoms with Crippen LogP contribution in [0.2, 0.25) is 0 Å². The quantitative estimate of drug-likeness (QED) is 0.832. The summed E-state index contributed by atoms with van der Waals surface area (Å²) >= 11 is 1.17. The highest BCUT2D eigenvalue weighted by atomic mass is 32.1. The number of hydrogen-bond donors (Lipinski definition) is 2. The topological polar surface area (TPSA) is 49.3 Å². The van der Waals surface area contributed by atoms with E-state index >= 15 is 0 Å². The first-order valence-electron chi connectivity index (χ1n) is 5.11. The van der Waals surface area contributed by atoms with Crippen LogP contribution in [0.5, 0.6) is 0 Å². The summed E-state index contributed by atoms with van der Waals surface area (Å²) in [4.78, 5) is 12.2. The average molecular weight is 267 g/mol. The van der Waals surface area contributed by atoms with Crippen molar-refractivity contribution in [1.82, 2.24) is 0 Å². The molecule has 0 aliphatic carbocycles. The van der Waals surface area contributed by atoms with E-state index in [1.165, 1.54) is 17.4 Å². The van der Waals surface area contributed by atoms with Crippen molar-refractivity contribution in [3.63, 3.8) is 0 Å². The zero-order chi connectivity index (χ0) is 12.9. The molecule has 1 aliphatic rings. The molecule has 1 unspecified atom stereocenters. The third kappa shape index (κ3) is 1.27. The van der Waals surface area contributed by atoms with Crippen LogP contribution in [0.3, 0.4) is 0 Å². The maximum atomic E-state index is 13.6. The summed E-state index contributed by atoms with van der Waals surface area (Å²) < 4.78 is 26.7. The van der Waals surface area contributed by atoms with Gasteiger partial charge in [-0.3, -0.25) is 4.79 Å². The van der Waals surface area contributed by atoms with E-state index < -0.39 is 23.1 Å². The maximum Gasteiger partial charge on any atom is 0.266 e. The number of aliphatic hydroxyl groups is 1. The minimum absolute atomic E-state index is 0.0360. The van der Waals surface area contributed by atoms with Crippen LogP contribution in [-0.2, 0) is 10.4 Å². The first-order chi connectivity index (χ1) is 8.55. The molecule has 0 radical (unpaired) electrons. The molecule has 1 atom stereocenters. The number of halogens is 2. The van der Waals surface area contributed by atoms with Crippen molar-refractivity contribution in [2.75, 3.05) is 5.32 Å². The van der Waals surface area contributed by atoms with Gasteiger partial charge in [0.1, 0.15) is 0 Å². The Bertz CT molecular complexity index is 642. The lowest BCUT2D eigenvalue weighted by Gasteiger charge is -2.18. The number of benzene rings is 1. The second-order valence-electron chi connectivity index (χ2n) is 3.93. The van der Waals surface area contributed by atoms with Gasteiger partial charge in [0, 0.05) is 5.56 Å². The molecule has 3 nitrogen and oxygen atoms in total. The third-order valence-corrected chi connectivity index (χ3v) is 3.91. The van der Waals surface area contributed by atoms with Crippen molar-refractivity contribution in [1.29, 1.82) is 0 Å². The highest BCUT2D eigenvalue weighted by Gasteiger charge is 2.49. The summed E-state index contributed by atoms with van der Waals surface area (Å²) in [5, 5.41) is 14.4. The van der Waals surface area contributed by atoms with E-state index in [0.29, 0.717) is 4.88 Å². The minimum atomic E-state index is -1.95. The molecule has 1 amide bonds. The Balaban J connectivity index is 2.28. The standard InChI is InChI=1S/C12H7F2NO2S/c13-7-4-3-6-10(9(7)14)15-11(16)12(6,17)8-2-1-5-18-8/h1-5,17H,(H,15,16). The Kier molecular flexibility index (Phi) is 2.26. The summed E-state index contributed by atoms with van der Waals surface area (Å²) in [5.74, 6) is -3.00. The van der Waals surface area contributed by atoms with Crippen molar-refractivity contribution in [2.24, 2.45) is 0 Å². The predicted molar refractivity (Wildman–Crippen MR) is 62.3 cm³/mol. The zero-order valence-corrected chi connectivity index (χ0v) is 9.72. The molecule has 6 heteroatoms. The highest BCUT2D eigenvalue weighted by Crippen LogP contribution is 2.43. The Hall–Kier alpha value is -1.79. The summed E-state index contributed by atoms with van der Waals surface area (Å²) in [6.45, 7) is 0. The molecule has 0 spiro atoms. The molecule has 3 rings (SSSR count). The molecule has 0 saturated carbocycles. The van der Waals surface area contributed by atoms with Gasteiger partial charge in [0.2, 0.25) is 5.60 Å². The van der Waals surface area contributed by atoms with E-state index in [0.717, 1.165) is 6.07 Å². The maximum absolute atomic E-state index is 13.6. The Morgan fingerprint density at radius 1 is 1.28 bits per heavy atom. The number of hydrogen-bond acceptors (Lipinski definition) is 3. The van der Waals surface area contributed by atoms with Crippen LogP contribution in [0.15, 0.2) is 29.6 Å². The van der Waals surface area contributed by atoms with Gasteiger partial charge in [0.15, 0.2) is 11.6 Å². The van der Waals surface area contributed by atoms with E-state index in [1.807, 2.05) is 0 Å². The molecule has 1 aromatic carbocycles. The van der Waals surface area contributed by atoms with E-state index in [-0.39, 0.29) is 11.3 Å². The van der Waals surface area contributed by atoms with Gasteiger partial charge in [0.25, 0.3) is 5.91 Å². The van der Waals surface area contributed by atoms with E-state index in [1.54, 1.807) is 17.5 Å². The Morgan fingerprint density at radius 2 is 2.06 bits per heavy atom. The van der Waals surface area contributed by atoms with E-state index in [9.17, 15) is 18.7 Å². The molecular weight excluding hydrogens is 260 g/mol. The van der Waals surface area contributed by atoms with Gasteiger partial charge in [-0.2, -0.15) is 0 Å². The Morgan fingerprint density at radius 3 is 2.72 bits per heavy atom. The first-order valence-corrected chi connectivity index (χ1v) is 5.99. The lowest BCUT2D eigenvalue weighted by molar-refractivity contribution is -0.129. The van der Waals surface area contributed by atoms with Gasteiger partial charge < -0.3 is 10.4 Å². The first kappa shape index (κ1) is 11.3. The fourth-order valence-electron chi connectivity index (χ4n) is 2.03. The number of carbonyl (C=O) groups excluding carboxylic acids is 1. The van der Waals surface area contributed by atoms with E-state index in [2.05, 4.69) is 5.32 Å². The highest BCUT2D eigenvalue weighted by molar-refractivity contribution is 7.10. The number of amides is 1. The van der Waals surface area contributed by atoms with Crippen LogP contribution < -0.4 is 5.32 Å². The smallest absolute Gasteiger partial charge is 0.266 e. The lowest BCUT2D eigenvalue weighted by atomic mass is 9.93. The van der Waals surface area contributed by atoms with Crippen LogP contribution in [-0.4, -0.2) is 11.0 Å².